The number of aromatic nitrogens is 2. The van der Waals surface area contributed by atoms with Crippen molar-refractivity contribution in [1.29, 1.82) is 0 Å². The molecule has 3 rings (SSSR count). The minimum absolute atomic E-state index is 0.0470. The molecule has 22 heavy (non-hydrogen) atoms. The van der Waals surface area contributed by atoms with Crippen molar-refractivity contribution in [2.75, 3.05) is 0 Å². The molecule has 2 aromatic heterocycles. The van der Waals surface area contributed by atoms with Crippen LogP contribution in [0.2, 0.25) is 0 Å². The van der Waals surface area contributed by atoms with Crippen LogP contribution >= 0.6 is 11.3 Å². The van der Waals surface area contributed by atoms with Crippen LogP contribution in [0.25, 0.3) is 10.7 Å². The molecule has 1 aromatic carbocycles. The molecule has 0 aliphatic heterocycles. The molecule has 0 atom stereocenters. The van der Waals surface area contributed by atoms with Gasteiger partial charge in [-0.25, -0.2) is 13.1 Å². The van der Waals surface area contributed by atoms with Crippen LogP contribution in [-0.4, -0.2) is 18.6 Å². The normalized spacial score (nSPS) is 11.7. The number of benzene rings is 1. The smallest absolute Gasteiger partial charge is 0.242 e. The topological polar surface area (TPSA) is 85.1 Å². The zero-order chi connectivity index (χ0) is 15.6. The Bertz CT molecular complexity index is 853. The van der Waals surface area contributed by atoms with Crippen LogP contribution in [0.15, 0.2) is 51.2 Å². The fraction of sp³-hybridized carbons (Fsp3) is 0.143. The molecule has 6 nitrogen and oxygen atoms in total. The summed E-state index contributed by atoms with van der Waals surface area (Å²) in [5.74, 6) is 0.679. The molecule has 2 heterocycles. The van der Waals surface area contributed by atoms with Crippen LogP contribution in [0.3, 0.4) is 0 Å². The first-order valence-corrected chi connectivity index (χ1v) is 8.84. The van der Waals surface area contributed by atoms with Crippen LogP contribution < -0.4 is 4.72 Å². The van der Waals surface area contributed by atoms with Gasteiger partial charge in [0, 0.05) is 0 Å². The lowest BCUT2D eigenvalue weighted by Gasteiger charge is -2.04. The maximum atomic E-state index is 12.2. The lowest BCUT2D eigenvalue weighted by atomic mass is 10.2. The Hall–Kier alpha value is -2.03. The molecule has 0 amide bonds. The van der Waals surface area contributed by atoms with E-state index in [9.17, 15) is 8.42 Å². The van der Waals surface area contributed by atoms with Crippen molar-refractivity contribution >= 4 is 21.4 Å². The molecule has 3 aromatic rings. The van der Waals surface area contributed by atoms with E-state index in [1.165, 1.54) is 11.3 Å². The first kappa shape index (κ1) is 14.9. The third-order valence-electron chi connectivity index (χ3n) is 2.95. The average molecular weight is 335 g/mol. The summed E-state index contributed by atoms with van der Waals surface area (Å²) < 4.78 is 31.8. The number of aryl methyl sites for hydroxylation is 1. The second-order valence-electron chi connectivity index (χ2n) is 4.63. The summed E-state index contributed by atoms with van der Waals surface area (Å²) in [7, 11) is -3.59. The molecule has 0 saturated heterocycles. The van der Waals surface area contributed by atoms with E-state index < -0.39 is 10.0 Å². The Morgan fingerprint density at radius 3 is 2.68 bits per heavy atom. The first-order valence-electron chi connectivity index (χ1n) is 6.47. The van der Waals surface area contributed by atoms with Gasteiger partial charge in [0.05, 0.1) is 16.3 Å². The largest absolute Gasteiger partial charge is 0.337 e. The Morgan fingerprint density at radius 2 is 2.00 bits per heavy atom. The number of sulfonamides is 1. The third kappa shape index (κ3) is 3.24. The number of rotatable bonds is 5. The van der Waals surface area contributed by atoms with E-state index in [-0.39, 0.29) is 17.3 Å². The second kappa shape index (κ2) is 5.99. The van der Waals surface area contributed by atoms with Crippen molar-refractivity contribution in [2.45, 2.75) is 18.4 Å². The standard InChI is InChI=1S/C14H13N3O3S2/c1-10-4-6-11(7-5-10)22(18,19)15-9-13-16-14(17-20-13)12-3-2-8-21-12/h2-8,15H,9H2,1H3. The molecule has 1 N–H and O–H groups in total. The van der Waals surface area contributed by atoms with Crippen molar-refractivity contribution in [3.8, 4) is 10.7 Å². The number of nitrogens with one attached hydrogen (secondary N) is 1. The Morgan fingerprint density at radius 1 is 1.23 bits per heavy atom. The van der Waals surface area contributed by atoms with Gasteiger partial charge in [0.2, 0.25) is 21.7 Å². The molecule has 0 saturated carbocycles. The van der Waals surface area contributed by atoms with Crippen molar-refractivity contribution in [3.05, 3.63) is 53.2 Å². The summed E-state index contributed by atoms with van der Waals surface area (Å²) in [4.78, 5) is 5.25. The molecular weight excluding hydrogens is 322 g/mol. The Balaban J connectivity index is 1.71. The second-order valence-corrected chi connectivity index (χ2v) is 7.34. The van der Waals surface area contributed by atoms with E-state index in [1.807, 2.05) is 24.4 Å². The fourth-order valence-electron chi connectivity index (χ4n) is 1.79. The van der Waals surface area contributed by atoms with Gasteiger partial charge in [-0.05, 0) is 30.5 Å². The number of nitrogens with zero attached hydrogens (tertiary/aromatic N) is 2. The Kier molecular flexibility index (Phi) is 4.06. The van der Waals surface area contributed by atoms with Gasteiger partial charge in [0.25, 0.3) is 0 Å². The van der Waals surface area contributed by atoms with Gasteiger partial charge in [-0.3, -0.25) is 0 Å². The molecular formula is C14H13N3O3S2. The fourth-order valence-corrected chi connectivity index (χ4v) is 3.41. The molecule has 0 bridgehead atoms. The minimum Gasteiger partial charge on any atom is -0.337 e. The lowest BCUT2D eigenvalue weighted by Crippen LogP contribution is -2.23. The third-order valence-corrected chi connectivity index (χ3v) is 5.24. The van der Waals surface area contributed by atoms with E-state index >= 15 is 0 Å². The van der Waals surface area contributed by atoms with Gasteiger partial charge in [0.1, 0.15) is 0 Å². The summed E-state index contributed by atoms with van der Waals surface area (Å²) in [6.07, 6.45) is 0. The molecule has 114 valence electrons. The summed E-state index contributed by atoms with van der Waals surface area (Å²) >= 11 is 1.49. The number of hydrogen-bond acceptors (Lipinski definition) is 6. The monoisotopic (exact) mass is 335 g/mol. The molecule has 0 aliphatic carbocycles. The first-order chi connectivity index (χ1) is 10.5. The highest BCUT2D eigenvalue weighted by Crippen LogP contribution is 2.21. The summed E-state index contributed by atoms with van der Waals surface area (Å²) in [6.45, 7) is 1.85. The molecule has 0 spiro atoms. The lowest BCUT2D eigenvalue weighted by molar-refractivity contribution is 0.376. The summed E-state index contributed by atoms with van der Waals surface area (Å²) in [6, 6.07) is 10.4. The Labute approximate surface area is 131 Å². The minimum atomic E-state index is -3.59. The molecule has 0 unspecified atom stereocenters. The van der Waals surface area contributed by atoms with Crippen molar-refractivity contribution in [1.82, 2.24) is 14.9 Å². The van der Waals surface area contributed by atoms with Crippen LogP contribution in [0, 0.1) is 6.92 Å². The quantitative estimate of drug-likeness (QED) is 0.774. The predicted octanol–water partition coefficient (Wildman–Crippen LogP) is 2.59. The maximum Gasteiger partial charge on any atom is 0.242 e. The van der Waals surface area contributed by atoms with Gasteiger partial charge >= 0.3 is 0 Å². The van der Waals surface area contributed by atoms with Crippen LogP contribution in [0.1, 0.15) is 11.5 Å². The zero-order valence-corrected chi connectivity index (χ0v) is 13.3. The highest BCUT2D eigenvalue weighted by Gasteiger charge is 2.16. The molecule has 0 fully saturated rings. The van der Waals surface area contributed by atoms with Crippen molar-refractivity contribution in [3.63, 3.8) is 0 Å². The van der Waals surface area contributed by atoms with E-state index in [2.05, 4.69) is 14.9 Å². The zero-order valence-electron chi connectivity index (χ0n) is 11.7. The van der Waals surface area contributed by atoms with Crippen LogP contribution in [-0.2, 0) is 16.6 Å². The highest BCUT2D eigenvalue weighted by atomic mass is 32.2. The summed E-state index contributed by atoms with van der Waals surface area (Å²) in [5, 5.41) is 5.74. The van der Waals surface area contributed by atoms with E-state index in [0.29, 0.717) is 5.82 Å². The van der Waals surface area contributed by atoms with Crippen LogP contribution in [0.5, 0.6) is 0 Å². The van der Waals surface area contributed by atoms with E-state index in [0.717, 1.165) is 10.4 Å². The van der Waals surface area contributed by atoms with E-state index in [1.54, 1.807) is 24.3 Å². The molecule has 8 heteroatoms. The van der Waals surface area contributed by atoms with Gasteiger partial charge in [-0.1, -0.05) is 28.9 Å². The summed E-state index contributed by atoms with van der Waals surface area (Å²) in [5.41, 5.74) is 0.997. The van der Waals surface area contributed by atoms with Gasteiger partial charge < -0.3 is 4.52 Å². The average Bonchev–Trinajstić information content (AvgIpc) is 3.17. The highest BCUT2D eigenvalue weighted by molar-refractivity contribution is 7.89. The maximum absolute atomic E-state index is 12.2. The van der Waals surface area contributed by atoms with E-state index in [4.69, 9.17) is 4.52 Å². The SMILES string of the molecule is Cc1ccc(S(=O)(=O)NCc2nc(-c3cccs3)no2)cc1. The van der Waals surface area contributed by atoms with Gasteiger partial charge in [-0.15, -0.1) is 11.3 Å². The number of thiophene rings is 1. The molecule has 0 aliphatic rings. The number of hydrogen-bond donors (Lipinski definition) is 1. The van der Waals surface area contributed by atoms with Gasteiger partial charge in [-0.2, -0.15) is 4.98 Å². The van der Waals surface area contributed by atoms with Crippen molar-refractivity contribution < 1.29 is 12.9 Å². The van der Waals surface area contributed by atoms with Gasteiger partial charge in [0.15, 0.2) is 0 Å². The van der Waals surface area contributed by atoms with Crippen LogP contribution in [0.4, 0.5) is 0 Å². The predicted molar refractivity (Wildman–Crippen MR) is 82.8 cm³/mol. The van der Waals surface area contributed by atoms with Crippen molar-refractivity contribution in [2.24, 2.45) is 0 Å². The molecule has 0 radical (unpaired) electrons.